The number of nitrogens with one attached hydrogen (secondary N) is 1. The topological polar surface area (TPSA) is 68.1 Å². The fourth-order valence-electron chi connectivity index (χ4n) is 1.42. The maximum atomic E-state index is 10.5. The van der Waals surface area contributed by atoms with Crippen LogP contribution in [0.5, 0.6) is 0 Å². The van der Waals surface area contributed by atoms with Gasteiger partial charge in [0.1, 0.15) is 0 Å². The van der Waals surface area contributed by atoms with Gasteiger partial charge in [-0.15, -0.1) is 0 Å². The van der Waals surface area contributed by atoms with E-state index in [1.165, 1.54) is 0 Å². The number of hydrogen-bond donors (Lipinski definition) is 1. The Bertz CT molecular complexity index is 539. The van der Waals surface area contributed by atoms with Gasteiger partial charge in [-0.25, -0.2) is 0 Å². The third kappa shape index (κ3) is 2.79. The highest BCUT2D eigenvalue weighted by Gasteiger charge is 2.09. The number of aryl methyl sites for hydroxylation is 1. The minimum Gasteiger partial charge on any atom is -0.379 e. The van der Waals surface area contributed by atoms with E-state index in [-0.39, 0.29) is 9.92 Å². The molecule has 0 aromatic carbocycles. The Hall–Kier alpha value is -1.95. The zero-order chi connectivity index (χ0) is 12.3. The van der Waals surface area contributed by atoms with Crippen molar-refractivity contribution >= 4 is 22.0 Å². The van der Waals surface area contributed by atoms with Crippen LogP contribution in [0, 0.1) is 17.0 Å². The molecule has 6 heteroatoms. The van der Waals surface area contributed by atoms with Gasteiger partial charge in [-0.1, -0.05) is 11.3 Å². The van der Waals surface area contributed by atoms with Crippen LogP contribution in [-0.4, -0.2) is 9.91 Å². The third-order valence-corrected chi connectivity index (χ3v) is 3.24. The number of nitro groups is 1. The lowest BCUT2D eigenvalue weighted by molar-refractivity contribution is -0.380. The molecule has 2 aromatic rings. The molecular formula is C11H11N3O2S. The Morgan fingerprint density at radius 3 is 3.06 bits per heavy atom. The molecule has 0 saturated heterocycles. The van der Waals surface area contributed by atoms with Crippen LogP contribution in [-0.2, 0) is 6.54 Å². The molecule has 2 rings (SSSR count). The van der Waals surface area contributed by atoms with Crippen LogP contribution in [0.4, 0.5) is 10.7 Å². The molecule has 0 bridgehead atoms. The van der Waals surface area contributed by atoms with Gasteiger partial charge in [-0.2, -0.15) is 0 Å². The molecule has 0 aliphatic heterocycles. The summed E-state index contributed by atoms with van der Waals surface area (Å²) < 4.78 is 0. The minimum atomic E-state index is -0.372. The van der Waals surface area contributed by atoms with Crippen molar-refractivity contribution in [1.82, 2.24) is 4.98 Å². The maximum Gasteiger partial charge on any atom is 0.324 e. The number of aromatic nitrogens is 1. The van der Waals surface area contributed by atoms with Crippen LogP contribution in [0.2, 0.25) is 0 Å². The van der Waals surface area contributed by atoms with Crippen LogP contribution in [0.25, 0.3) is 0 Å². The van der Waals surface area contributed by atoms with Crippen LogP contribution in [0.15, 0.2) is 29.8 Å². The second kappa shape index (κ2) is 4.92. The molecular weight excluding hydrogens is 238 g/mol. The van der Waals surface area contributed by atoms with E-state index >= 15 is 0 Å². The van der Waals surface area contributed by atoms with Crippen LogP contribution < -0.4 is 5.32 Å². The van der Waals surface area contributed by atoms with Crippen molar-refractivity contribution < 1.29 is 4.92 Å². The molecule has 2 heterocycles. The van der Waals surface area contributed by atoms with E-state index in [0.29, 0.717) is 6.54 Å². The van der Waals surface area contributed by atoms with Crippen molar-refractivity contribution in [3.8, 4) is 0 Å². The van der Waals surface area contributed by atoms with Gasteiger partial charge >= 0.3 is 5.00 Å². The molecule has 0 spiro atoms. The first kappa shape index (κ1) is 11.5. The molecule has 5 nitrogen and oxygen atoms in total. The monoisotopic (exact) mass is 249 g/mol. The smallest absolute Gasteiger partial charge is 0.324 e. The molecule has 2 aromatic heterocycles. The van der Waals surface area contributed by atoms with Crippen LogP contribution in [0.1, 0.15) is 11.3 Å². The fraction of sp³-hybridized carbons (Fsp3) is 0.182. The van der Waals surface area contributed by atoms with Gasteiger partial charge in [0.25, 0.3) is 0 Å². The lowest BCUT2D eigenvalue weighted by atomic mass is 10.3. The first-order chi connectivity index (χ1) is 8.16. The van der Waals surface area contributed by atoms with Gasteiger partial charge in [-0.3, -0.25) is 15.1 Å². The summed E-state index contributed by atoms with van der Waals surface area (Å²) in [6.45, 7) is 2.48. The molecule has 0 aliphatic carbocycles. The quantitative estimate of drug-likeness (QED) is 0.668. The summed E-state index contributed by atoms with van der Waals surface area (Å²) in [6.07, 6.45) is 1.73. The van der Waals surface area contributed by atoms with Gasteiger partial charge in [0.2, 0.25) is 0 Å². The summed E-state index contributed by atoms with van der Waals surface area (Å²) in [4.78, 5) is 14.3. The Labute approximate surface area is 102 Å². The highest BCUT2D eigenvalue weighted by molar-refractivity contribution is 7.13. The molecule has 0 radical (unpaired) electrons. The predicted octanol–water partition coefficient (Wildman–Crippen LogP) is 2.97. The Kier molecular flexibility index (Phi) is 3.34. The van der Waals surface area contributed by atoms with E-state index in [2.05, 4.69) is 10.3 Å². The molecule has 0 saturated carbocycles. The van der Waals surface area contributed by atoms with E-state index < -0.39 is 0 Å². The minimum absolute atomic E-state index is 0.171. The predicted molar refractivity (Wildman–Crippen MR) is 67.3 cm³/mol. The van der Waals surface area contributed by atoms with E-state index in [1.807, 2.05) is 19.1 Å². The molecule has 0 aliphatic rings. The molecule has 0 atom stereocenters. The van der Waals surface area contributed by atoms with E-state index in [9.17, 15) is 10.1 Å². The number of thiophene rings is 1. The van der Waals surface area contributed by atoms with Gasteiger partial charge in [0.05, 0.1) is 16.3 Å². The Balaban J connectivity index is 2.02. The Morgan fingerprint density at radius 1 is 1.59 bits per heavy atom. The highest BCUT2D eigenvalue weighted by Crippen LogP contribution is 2.23. The van der Waals surface area contributed by atoms with Crippen molar-refractivity contribution in [2.45, 2.75) is 13.5 Å². The first-order valence-electron chi connectivity index (χ1n) is 5.04. The van der Waals surface area contributed by atoms with E-state index in [0.717, 1.165) is 28.3 Å². The van der Waals surface area contributed by atoms with Crippen molar-refractivity contribution in [3.05, 3.63) is 51.1 Å². The molecule has 88 valence electrons. The second-order valence-electron chi connectivity index (χ2n) is 3.54. The normalized spacial score (nSPS) is 10.2. The van der Waals surface area contributed by atoms with Crippen molar-refractivity contribution in [3.63, 3.8) is 0 Å². The van der Waals surface area contributed by atoms with Crippen molar-refractivity contribution in [2.24, 2.45) is 0 Å². The zero-order valence-corrected chi connectivity index (χ0v) is 10.0. The van der Waals surface area contributed by atoms with Crippen LogP contribution in [0.3, 0.4) is 0 Å². The standard InChI is InChI=1S/C11H11N3O2S/c1-8-10(3-2-4-12-8)13-6-9-5-11(14(15)16)17-7-9/h2-5,7,13H,6H2,1H3. The average molecular weight is 249 g/mol. The molecule has 1 N–H and O–H groups in total. The summed E-state index contributed by atoms with van der Waals surface area (Å²) in [5.41, 5.74) is 2.77. The number of rotatable bonds is 4. The maximum absolute atomic E-state index is 10.5. The largest absolute Gasteiger partial charge is 0.379 e. The van der Waals surface area contributed by atoms with Gasteiger partial charge in [-0.05, 0) is 24.6 Å². The summed E-state index contributed by atoms with van der Waals surface area (Å²) >= 11 is 1.14. The zero-order valence-electron chi connectivity index (χ0n) is 9.21. The lowest BCUT2D eigenvalue weighted by Gasteiger charge is -2.06. The van der Waals surface area contributed by atoms with E-state index in [4.69, 9.17) is 0 Å². The number of nitrogens with zero attached hydrogens (tertiary/aromatic N) is 2. The van der Waals surface area contributed by atoms with Gasteiger partial charge < -0.3 is 5.32 Å². The summed E-state index contributed by atoms with van der Waals surface area (Å²) in [5.74, 6) is 0. The molecule has 0 fully saturated rings. The van der Waals surface area contributed by atoms with Crippen molar-refractivity contribution in [2.75, 3.05) is 5.32 Å². The molecule has 17 heavy (non-hydrogen) atoms. The van der Waals surface area contributed by atoms with Crippen molar-refractivity contribution in [1.29, 1.82) is 0 Å². The summed E-state index contributed by atoms with van der Waals surface area (Å²) in [5, 5.41) is 15.7. The van der Waals surface area contributed by atoms with Crippen LogP contribution >= 0.6 is 11.3 Å². The van der Waals surface area contributed by atoms with Gasteiger partial charge in [0, 0.05) is 24.2 Å². The second-order valence-corrected chi connectivity index (χ2v) is 4.43. The first-order valence-corrected chi connectivity index (χ1v) is 5.92. The molecule has 0 amide bonds. The molecule has 0 unspecified atom stereocenters. The lowest BCUT2D eigenvalue weighted by Crippen LogP contribution is -2.00. The highest BCUT2D eigenvalue weighted by atomic mass is 32.1. The van der Waals surface area contributed by atoms with Gasteiger partial charge in [0.15, 0.2) is 0 Å². The summed E-state index contributed by atoms with van der Waals surface area (Å²) in [7, 11) is 0. The number of hydrogen-bond acceptors (Lipinski definition) is 5. The average Bonchev–Trinajstić information content (AvgIpc) is 2.77. The fourth-order valence-corrected chi connectivity index (χ4v) is 2.15. The van der Waals surface area contributed by atoms with E-state index in [1.54, 1.807) is 17.6 Å². The SMILES string of the molecule is Cc1ncccc1NCc1csc([N+](=O)[O-])c1. The third-order valence-electron chi connectivity index (χ3n) is 2.31. The number of pyridine rings is 1. The number of anilines is 1. The summed E-state index contributed by atoms with van der Waals surface area (Å²) in [6, 6.07) is 5.37. The Morgan fingerprint density at radius 2 is 2.41 bits per heavy atom.